The Labute approximate surface area is 86.5 Å². The molecule has 0 bridgehead atoms. The number of fused-ring (bicyclic) bond motifs is 3. The molecule has 4 nitrogen and oxygen atoms in total. The maximum atomic E-state index is 5.38. The van der Waals surface area contributed by atoms with Crippen molar-refractivity contribution in [3.63, 3.8) is 0 Å². The predicted octanol–water partition coefficient (Wildman–Crippen LogP) is 2.21. The van der Waals surface area contributed by atoms with E-state index in [0.29, 0.717) is 6.61 Å². The van der Waals surface area contributed by atoms with Crippen LogP contribution in [0.1, 0.15) is 6.92 Å². The first-order valence-corrected chi connectivity index (χ1v) is 4.97. The molecule has 1 aromatic carbocycles. The molecule has 0 atom stereocenters. The number of benzene rings is 1. The number of nitrogens with one attached hydrogen (secondary N) is 1. The summed E-state index contributed by atoms with van der Waals surface area (Å²) in [6.45, 7) is 2.61. The van der Waals surface area contributed by atoms with Crippen LogP contribution in [0.15, 0.2) is 30.3 Å². The molecule has 0 saturated heterocycles. The average Bonchev–Trinajstić information content (AvgIpc) is 2.75. The Balaban J connectivity index is 2.28. The molecule has 76 valence electrons. The van der Waals surface area contributed by atoms with Crippen LogP contribution in [0.25, 0.3) is 16.7 Å². The summed E-state index contributed by atoms with van der Waals surface area (Å²) in [6.07, 6.45) is 0. The topological polar surface area (TPSA) is 42.3 Å². The Morgan fingerprint density at radius 3 is 3.13 bits per heavy atom. The Hall–Kier alpha value is -1.97. The molecular weight excluding hydrogens is 190 g/mol. The quantitative estimate of drug-likeness (QED) is 0.690. The fourth-order valence-corrected chi connectivity index (χ4v) is 1.75. The van der Waals surface area contributed by atoms with Crippen LogP contribution >= 0.6 is 0 Å². The fourth-order valence-electron chi connectivity index (χ4n) is 1.75. The van der Waals surface area contributed by atoms with E-state index in [9.17, 15) is 0 Å². The summed E-state index contributed by atoms with van der Waals surface area (Å²) in [7, 11) is 0. The second-order valence-electron chi connectivity index (χ2n) is 3.35. The van der Waals surface area contributed by atoms with Crippen LogP contribution in [-0.2, 0) is 0 Å². The average molecular weight is 201 g/mol. The third-order valence-corrected chi connectivity index (χ3v) is 2.37. The molecule has 0 fully saturated rings. The number of H-pyrrole nitrogens is 1. The SMILES string of the molecule is CCOc1cc2nc3ccccc3n2[nH]1. The van der Waals surface area contributed by atoms with Crippen molar-refractivity contribution in [2.24, 2.45) is 0 Å². The molecule has 0 unspecified atom stereocenters. The second-order valence-corrected chi connectivity index (χ2v) is 3.35. The molecule has 2 aromatic heterocycles. The van der Waals surface area contributed by atoms with Gasteiger partial charge in [0, 0.05) is 6.07 Å². The van der Waals surface area contributed by atoms with Gasteiger partial charge in [-0.15, -0.1) is 0 Å². The molecule has 0 aliphatic heterocycles. The number of hydrogen-bond acceptors (Lipinski definition) is 2. The van der Waals surface area contributed by atoms with Crippen molar-refractivity contribution in [2.45, 2.75) is 6.92 Å². The molecule has 0 aliphatic carbocycles. The predicted molar refractivity (Wildman–Crippen MR) is 58.2 cm³/mol. The van der Waals surface area contributed by atoms with E-state index in [1.165, 1.54) is 0 Å². The van der Waals surface area contributed by atoms with Crippen molar-refractivity contribution in [1.29, 1.82) is 0 Å². The van der Waals surface area contributed by atoms with Crippen molar-refractivity contribution in [3.8, 4) is 5.88 Å². The van der Waals surface area contributed by atoms with Gasteiger partial charge in [0.2, 0.25) is 5.88 Å². The van der Waals surface area contributed by atoms with Crippen LogP contribution in [0.5, 0.6) is 5.88 Å². The lowest BCUT2D eigenvalue weighted by Crippen LogP contribution is -1.92. The third kappa shape index (κ3) is 1.18. The molecule has 3 aromatic rings. The van der Waals surface area contributed by atoms with Crippen molar-refractivity contribution >= 4 is 16.7 Å². The summed E-state index contributed by atoms with van der Waals surface area (Å²) in [5.41, 5.74) is 2.95. The Morgan fingerprint density at radius 2 is 2.27 bits per heavy atom. The number of imidazole rings is 1. The molecular formula is C11H11N3O. The van der Waals surface area contributed by atoms with E-state index in [1.807, 2.05) is 41.8 Å². The Morgan fingerprint density at radius 1 is 1.40 bits per heavy atom. The van der Waals surface area contributed by atoms with Gasteiger partial charge in [0.25, 0.3) is 0 Å². The van der Waals surface area contributed by atoms with Gasteiger partial charge >= 0.3 is 0 Å². The zero-order valence-electron chi connectivity index (χ0n) is 8.40. The summed E-state index contributed by atoms with van der Waals surface area (Å²) in [5, 5.41) is 3.15. The van der Waals surface area contributed by atoms with Crippen LogP contribution in [0.2, 0.25) is 0 Å². The first-order valence-electron chi connectivity index (χ1n) is 4.97. The molecule has 0 amide bonds. The number of aromatic amines is 1. The van der Waals surface area contributed by atoms with Gasteiger partial charge in [-0.2, -0.15) is 0 Å². The number of nitrogens with zero attached hydrogens (tertiary/aromatic N) is 2. The van der Waals surface area contributed by atoms with Crippen LogP contribution in [0.3, 0.4) is 0 Å². The smallest absolute Gasteiger partial charge is 0.209 e. The van der Waals surface area contributed by atoms with E-state index in [2.05, 4.69) is 10.1 Å². The molecule has 0 saturated carbocycles. The highest BCUT2D eigenvalue weighted by Crippen LogP contribution is 2.19. The maximum absolute atomic E-state index is 5.38. The number of rotatable bonds is 2. The normalized spacial score (nSPS) is 11.3. The highest BCUT2D eigenvalue weighted by Gasteiger charge is 2.06. The standard InChI is InChI=1S/C11H11N3O/c1-2-15-11-7-10-12-8-5-3-4-6-9(8)14(10)13-11/h3-7,13H,2H2,1H3. The monoisotopic (exact) mass is 201 g/mol. The molecule has 0 radical (unpaired) electrons. The van der Waals surface area contributed by atoms with Crippen molar-refractivity contribution in [2.75, 3.05) is 6.61 Å². The van der Waals surface area contributed by atoms with E-state index in [0.717, 1.165) is 22.6 Å². The van der Waals surface area contributed by atoms with Gasteiger partial charge in [0.1, 0.15) is 0 Å². The van der Waals surface area contributed by atoms with Crippen LogP contribution in [-0.4, -0.2) is 21.2 Å². The number of hydrogen-bond donors (Lipinski definition) is 1. The summed E-state index contributed by atoms with van der Waals surface area (Å²) in [4.78, 5) is 4.47. The van der Waals surface area contributed by atoms with E-state index in [-0.39, 0.29) is 0 Å². The van der Waals surface area contributed by atoms with Crippen LogP contribution in [0.4, 0.5) is 0 Å². The van der Waals surface area contributed by atoms with E-state index in [1.54, 1.807) is 0 Å². The summed E-state index contributed by atoms with van der Waals surface area (Å²) in [6, 6.07) is 9.91. The van der Waals surface area contributed by atoms with Crippen molar-refractivity contribution < 1.29 is 4.74 Å². The second kappa shape index (κ2) is 3.02. The Bertz CT molecular complexity index is 608. The minimum atomic E-state index is 0.654. The minimum absolute atomic E-state index is 0.654. The highest BCUT2D eigenvalue weighted by atomic mass is 16.5. The molecule has 2 heterocycles. The van der Waals surface area contributed by atoms with Gasteiger partial charge in [-0.05, 0) is 19.1 Å². The zero-order chi connectivity index (χ0) is 10.3. The van der Waals surface area contributed by atoms with E-state index < -0.39 is 0 Å². The number of aromatic nitrogens is 3. The first-order chi connectivity index (χ1) is 7.38. The van der Waals surface area contributed by atoms with Gasteiger partial charge in [-0.25, -0.2) is 9.50 Å². The molecule has 4 heteroatoms. The van der Waals surface area contributed by atoms with Gasteiger partial charge in [0.15, 0.2) is 5.65 Å². The fraction of sp³-hybridized carbons (Fsp3) is 0.182. The first kappa shape index (κ1) is 8.35. The lowest BCUT2D eigenvalue weighted by molar-refractivity contribution is 0.325. The Kier molecular flexibility index (Phi) is 1.68. The minimum Gasteiger partial charge on any atom is -0.478 e. The van der Waals surface area contributed by atoms with Crippen molar-refractivity contribution in [1.82, 2.24) is 14.6 Å². The molecule has 0 spiro atoms. The van der Waals surface area contributed by atoms with Gasteiger partial charge in [-0.3, -0.25) is 5.10 Å². The van der Waals surface area contributed by atoms with E-state index in [4.69, 9.17) is 4.74 Å². The zero-order valence-corrected chi connectivity index (χ0v) is 8.40. The van der Waals surface area contributed by atoms with Gasteiger partial charge < -0.3 is 4.74 Å². The summed E-state index contributed by atoms with van der Waals surface area (Å²) < 4.78 is 7.31. The summed E-state index contributed by atoms with van der Waals surface area (Å²) >= 11 is 0. The van der Waals surface area contributed by atoms with Gasteiger partial charge in [0.05, 0.1) is 17.6 Å². The lowest BCUT2D eigenvalue weighted by atomic mass is 10.3. The summed E-state index contributed by atoms with van der Waals surface area (Å²) in [5.74, 6) is 0.755. The number of para-hydroxylation sites is 2. The highest BCUT2D eigenvalue weighted by molar-refractivity contribution is 5.80. The van der Waals surface area contributed by atoms with E-state index >= 15 is 0 Å². The number of ether oxygens (including phenoxy) is 1. The van der Waals surface area contributed by atoms with Crippen molar-refractivity contribution in [3.05, 3.63) is 30.3 Å². The largest absolute Gasteiger partial charge is 0.478 e. The molecule has 3 rings (SSSR count). The molecule has 15 heavy (non-hydrogen) atoms. The van der Waals surface area contributed by atoms with Crippen LogP contribution in [0, 0.1) is 0 Å². The van der Waals surface area contributed by atoms with Crippen LogP contribution < -0.4 is 4.74 Å². The molecule has 1 N–H and O–H groups in total. The lowest BCUT2D eigenvalue weighted by Gasteiger charge is -1.96. The molecule has 0 aliphatic rings. The third-order valence-electron chi connectivity index (χ3n) is 2.37. The maximum Gasteiger partial charge on any atom is 0.209 e. The van der Waals surface area contributed by atoms with Gasteiger partial charge in [-0.1, -0.05) is 12.1 Å².